The van der Waals surface area contributed by atoms with Gasteiger partial charge in [-0.2, -0.15) is 0 Å². The van der Waals surface area contributed by atoms with Crippen molar-refractivity contribution in [1.82, 2.24) is 5.32 Å². The highest BCUT2D eigenvalue weighted by molar-refractivity contribution is 6.36. The number of benzene rings is 1. The molecule has 1 N–H and O–H groups in total. The van der Waals surface area contributed by atoms with Crippen molar-refractivity contribution in [1.29, 1.82) is 0 Å². The first-order chi connectivity index (χ1) is 10.0. The molecule has 0 saturated heterocycles. The summed E-state index contributed by atoms with van der Waals surface area (Å²) < 4.78 is 4.55. The standard InChI is InChI=1S/C15H19Cl2NO3/c1-21-15(20)8-3-2-4-9-18-14(19)10-11-12(16)6-5-7-13(11)17/h5-7H,2-4,8-10H2,1H3,(H,18,19). The Bertz CT molecular complexity index is 472. The van der Waals surface area contributed by atoms with Crippen LogP contribution in [-0.4, -0.2) is 25.5 Å². The summed E-state index contributed by atoms with van der Waals surface area (Å²) in [7, 11) is 1.38. The fourth-order valence-corrected chi connectivity index (χ4v) is 2.36. The summed E-state index contributed by atoms with van der Waals surface area (Å²) in [5.41, 5.74) is 0.643. The minimum atomic E-state index is -0.201. The Labute approximate surface area is 134 Å². The van der Waals surface area contributed by atoms with Crippen LogP contribution in [0.4, 0.5) is 0 Å². The van der Waals surface area contributed by atoms with Crippen LogP contribution in [0, 0.1) is 0 Å². The van der Waals surface area contributed by atoms with E-state index in [0.717, 1.165) is 19.3 Å². The third kappa shape index (κ3) is 6.82. The topological polar surface area (TPSA) is 55.4 Å². The number of hydrogen-bond donors (Lipinski definition) is 1. The van der Waals surface area contributed by atoms with Gasteiger partial charge >= 0.3 is 5.97 Å². The van der Waals surface area contributed by atoms with Gasteiger partial charge in [-0.25, -0.2) is 0 Å². The molecule has 4 nitrogen and oxygen atoms in total. The van der Waals surface area contributed by atoms with Gasteiger partial charge in [0.1, 0.15) is 0 Å². The minimum absolute atomic E-state index is 0.113. The molecule has 0 aliphatic heterocycles. The van der Waals surface area contributed by atoms with Crippen LogP contribution < -0.4 is 5.32 Å². The van der Waals surface area contributed by atoms with Gasteiger partial charge < -0.3 is 10.1 Å². The SMILES string of the molecule is COC(=O)CCCCCNC(=O)Cc1c(Cl)cccc1Cl. The van der Waals surface area contributed by atoms with Gasteiger partial charge in [-0.1, -0.05) is 35.7 Å². The molecule has 0 aliphatic carbocycles. The highest BCUT2D eigenvalue weighted by Gasteiger charge is 2.10. The summed E-state index contributed by atoms with van der Waals surface area (Å²) in [5.74, 6) is -0.314. The fourth-order valence-electron chi connectivity index (χ4n) is 1.83. The van der Waals surface area contributed by atoms with E-state index < -0.39 is 0 Å². The zero-order valence-corrected chi connectivity index (χ0v) is 13.5. The second kappa shape index (κ2) is 9.64. The second-order valence-electron chi connectivity index (χ2n) is 4.61. The number of carbonyl (C=O) groups is 2. The first-order valence-corrected chi connectivity index (χ1v) is 7.56. The molecule has 116 valence electrons. The van der Waals surface area contributed by atoms with Crippen molar-refractivity contribution in [2.24, 2.45) is 0 Å². The number of ether oxygens (including phenoxy) is 1. The predicted molar refractivity (Wildman–Crippen MR) is 83.7 cm³/mol. The number of rotatable bonds is 8. The largest absolute Gasteiger partial charge is 0.469 e. The normalized spacial score (nSPS) is 10.2. The van der Waals surface area contributed by atoms with E-state index >= 15 is 0 Å². The van der Waals surface area contributed by atoms with Crippen molar-refractivity contribution >= 4 is 35.1 Å². The molecule has 1 amide bonds. The van der Waals surface area contributed by atoms with Gasteiger partial charge in [0.25, 0.3) is 0 Å². The second-order valence-corrected chi connectivity index (χ2v) is 5.43. The molecule has 1 aromatic carbocycles. The molecule has 1 rings (SSSR count). The monoisotopic (exact) mass is 331 g/mol. The maximum atomic E-state index is 11.8. The predicted octanol–water partition coefficient (Wildman–Crippen LogP) is 3.39. The lowest BCUT2D eigenvalue weighted by atomic mass is 10.1. The number of esters is 1. The Morgan fingerprint density at radius 2 is 1.81 bits per heavy atom. The van der Waals surface area contributed by atoms with Gasteiger partial charge in [0, 0.05) is 23.0 Å². The van der Waals surface area contributed by atoms with Gasteiger partial charge in [-0.15, -0.1) is 0 Å². The summed E-state index contributed by atoms with van der Waals surface area (Å²) in [6.07, 6.45) is 3.03. The van der Waals surface area contributed by atoms with Crippen molar-refractivity contribution in [2.75, 3.05) is 13.7 Å². The molecule has 0 bridgehead atoms. The summed E-state index contributed by atoms with van der Waals surface area (Å²) in [6.45, 7) is 0.572. The molecular formula is C15H19Cl2NO3. The Balaban J connectivity index is 2.21. The van der Waals surface area contributed by atoms with Crippen molar-refractivity contribution in [3.05, 3.63) is 33.8 Å². The Kier molecular flexibility index (Phi) is 8.16. The summed E-state index contributed by atoms with van der Waals surface area (Å²) in [5, 5.41) is 3.81. The number of halogens is 2. The average Bonchev–Trinajstić information content (AvgIpc) is 2.46. The quantitative estimate of drug-likeness (QED) is 0.586. The molecule has 0 aliphatic rings. The third-order valence-electron chi connectivity index (χ3n) is 3.01. The molecule has 6 heteroatoms. The van der Waals surface area contributed by atoms with E-state index in [9.17, 15) is 9.59 Å². The Morgan fingerprint density at radius 1 is 1.14 bits per heavy atom. The lowest BCUT2D eigenvalue weighted by Gasteiger charge is -2.08. The molecule has 0 saturated carbocycles. The number of unbranched alkanes of at least 4 members (excludes halogenated alkanes) is 2. The minimum Gasteiger partial charge on any atom is -0.469 e. The highest BCUT2D eigenvalue weighted by atomic mass is 35.5. The van der Waals surface area contributed by atoms with Crippen LogP contribution in [0.25, 0.3) is 0 Å². The Hall–Kier alpha value is -1.26. The van der Waals surface area contributed by atoms with Gasteiger partial charge in [0.05, 0.1) is 13.5 Å². The van der Waals surface area contributed by atoms with E-state index in [1.165, 1.54) is 7.11 Å². The number of nitrogens with one attached hydrogen (secondary N) is 1. The van der Waals surface area contributed by atoms with Crippen LogP contribution in [0.3, 0.4) is 0 Å². The smallest absolute Gasteiger partial charge is 0.305 e. The molecular weight excluding hydrogens is 313 g/mol. The van der Waals surface area contributed by atoms with Crippen LogP contribution in [0.2, 0.25) is 10.0 Å². The molecule has 0 fully saturated rings. The van der Waals surface area contributed by atoms with Crippen LogP contribution in [-0.2, 0) is 20.7 Å². The van der Waals surface area contributed by atoms with Crippen molar-refractivity contribution in [2.45, 2.75) is 32.1 Å². The number of amides is 1. The summed E-state index contributed by atoms with van der Waals surface area (Å²) in [4.78, 5) is 22.7. The maximum Gasteiger partial charge on any atom is 0.305 e. The number of carbonyl (C=O) groups excluding carboxylic acids is 2. The molecule has 0 heterocycles. The first kappa shape index (κ1) is 17.8. The fraction of sp³-hybridized carbons (Fsp3) is 0.467. The summed E-state index contributed by atoms with van der Waals surface area (Å²) in [6, 6.07) is 5.17. The van der Waals surface area contributed by atoms with Gasteiger partial charge in [-0.05, 0) is 30.5 Å². The Morgan fingerprint density at radius 3 is 2.43 bits per heavy atom. The molecule has 1 aromatic rings. The van der Waals surface area contributed by atoms with E-state index in [2.05, 4.69) is 10.1 Å². The van der Waals surface area contributed by atoms with Crippen molar-refractivity contribution in [3.63, 3.8) is 0 Å². The van der Waals surface area contributed by atoms with Crippen molar-refractivity contribution in [3.8, 4) is 0 Å². The summed E-state index contributed by atoms with van der Waals surface area (Å²) >= 11 is 12.0. The zero-order valence-electron chi connectivity index (χ0n) is 12.0. The zero-order chi connectivity index (χ0) is 15.7. The van der Waals surface area contributed by atoms with E-state index in [-0.39, 0.29) is 18.3 Å². The van der Waals surface area contributed by atoms with Crippen LogP contribution in [0.5, 0.6) is 0 Å². The van der Waals surface area contributed by atoms with Crippen molar-refractivity contribution < 1.29 is 14.3 Å². The number of methoxy groups -OCH3 is 1. The van der Waals surface area contributed by atoms with Gasteiger partial charge in [0.15, 0.2) is 0 Å². The molecule has 0 atom stereocenters. The molecule has 0 unspecified atom stereocenters. The number of hydrogen-bond acceptors (Lipinski definition) is 3. The third-order valence-corrected chi connectivity index (χ3v) is 3.71. The average molecular weight is 332 g/mol. The van der Waals surface area contributed by atoms with E-state index in [1.54, 1.807) is 18.2 Å². The molecule has 0 spiro atoms. The first-order valence-electron chi connectivity index (χ1n) is 6.81. The molecule has 0 radical (unpaired) electrons. The lowest BCUT2D eigenvalue weighted by Crippen LogP contribution is -2.26. The maximum absolute atomic E-state index is 11.8. The lowest BCUT2D eigenvalue weighted by molar-refractivity contribution is -0.140. The van der Waals surface area contributed by atoms with Crippen LogP contribution in [0.1, 0.15) is 31.2 Å². The van der Waals surface area contributed by atoms with Gasteiger partial charge in [0.2, 0.25) is 5.91 Å². The van der Waals surface area contributed by atoms with E-state index in [0.29, 0.717) is 28.6 Å². The van der Waals surface area contributed by atoms with Gasteiger partial charge in [-0.3, -0.25) is 9.59 Å². The van der Waals surface area contributed by atoms with Crippen LogP contribution >= 0.6 is 23.2 Å². The highest BCUT2D eigenvalue weighted by Crippen LogP contribution is 2.24. The van der Waals surface area contributed by atoms with E-state index in [1.807, 2.05) is 0 Å². The van der Waals surface area contributed by atoms with Crippen LogP contribution in [0.15, 0.2) is 18.2 Å². The molecule has 0 aromatic heterocycles. The molecule has 21 heavy (non-hydrogen) atoms. The van der Waals surface area contributed by atoms with E-state index in [4.69, 9.17) is 23.2 Å².